The number of hydrogen-bond acceptors (Lipinski definition) is 5. The van der Waals surface area contributed by atoms with Gasteiger partial charge in [0.05, 0.1) is 0 Å². The number of halogens is 3. The maximum absolute atomic E-state index is 12.4. The molecule has 0 amide bonds. The largest absolute Gasteiger partial charge is 0.476 e. The minimum absolute atomic E-state index is 0.184. The van der Waals surface area contributed by atoms with Gasteiger partial charge in [0.15, 0.2) is 5.69 Å². The lowest BCUT2D eigenvalue weighted by Gasteiger charge is -1.97. The van der Waals surface area contributed by atoms with E-state index in [1.807, 2.05) is 0 Å². The van der Waals surface area contributed by atoms with Crippen molar-refractivity contribution < 1.29 is 27.6 Å². The number of carbonyl (C=O) groups is 1. The Morgan fingerprint density at radius 3 is 2.71 bits per heavy atom. The number of carboxylic acids is 1. The summed E-state index contributed by atoms with van der Waals surface area (Å²) in [7, 11) is 0. The Kier molecular flexibility index (Phi) is 2.68. The van der Waals surface area contributed by atoms with Crippen LogP contribution in [0, 0.1) is 0 Å². The van der Waals surface area contributed by atoms with Gasteiger partial charge in [-0.05, 0) is 12.1 Å². The third-order valence-corrected chi connectivity index (χ3v) is 2.61. The van der Waals surface area contributed by atoms with Gasteiger partial charge in [0.25, 0.3) is 0 Å². The van der Waals surface area contributed by atoms with Crippen LogP contribution in [-0.4, -0.2) is 30.6 Å². The van der Waals surface area contributed by atoms with Gasteiger partial charge in [-0.1, -0.05) is 5.16 Å². The molecular formula is C11H5F3N4O3. The molecule has 108 valence electrons. The SMILES string of the molecule is O=C(O)c1cn2ccc(-c3noc(C(F)(F)F)n3)cc2n1. The minimum Gasteiger partial charge on any atom is -0.476 e. The molecule has 0 aromatic carbocycles. The van der Waals surface area contributed by atoms with Gasteiger partial charge in [-0.2, -0.15) is 18.2 Å². The van der Waals surface area contributed by atoms with Crippen LogP contribution in [0.4, 0.5) is 13.2 Å². The monoisotopic (exact) mass is 298 g/mol. The first-order chi connectivity index (χ1) is 9.84. The maximum Gasteiger partial charge on any atom is 0.471 e. The molecule has 0 fully saturated rings. The lowest BCUT2D eigenvalue weighted by molar-refractivity contribution is -0.159. The normalized spacial score (nSPS) is 12.0. The molecule has 10 heteroatoms. The maximum atomic E-state index is 12.4. The predicted octanol–water partition coefficient (Wildman–Crippen LogP) is 2.10. The van der Waals surface area contributed by atoms with Crippen molar-refractivity contribution in [1.29, 1.82) is 0 Å². The first-order valence-electron chi connectivity index (χ1n) is 5.48. The zero-order chi connectivity index (χ0) is 15.2. The van der Waals surface area contributed by atoms with Crippen molar-refractivity contribution in [3.63, 3.8) is 0 Å². The molecule has 0 aliphatic carbocycles. The van der Waals surface area contributed by atoms with Crippen LogP contribution in [0.5, 0.6) is 0 Å². The van der Waals surface area contributed by atoms with Crippen molar-refractivity contribution in [1.82, 2.24) is 19.5 Å². The van der Waals surface area contributed by atoms with Gasteiger partial charge in [-0.3, -0.25) is 0 Å². The summed E-state index contributed by atoms with van der Waals surface area (Å²) in [5.74, 6) is -2.92. The van der Waals surface area contributed by atoms with Crippen LogP contribution in [-0.2, 0) is 6.18 Å². The first-order valence-corrected chi connectivity index (χ1v) is 5.48. The van der Waals surface area contributed by atoms with Gasteiger partial charge in [0.2, 0.25) is 5.82 Å². The lowest BCUT2D eigenvalue weighted by atomic mass is 10.2. The highest BCUT2D eigenvalue weighted by Gasteiger charge is 2.38. The second-order valence-corrected chi connectivity index (χ2v) is 4.03. The molecule has 0 aliphatic heterocycles. The van der Waals surface area contributed by atoms with E-state index in [0.717, 1.165) is 0 Å². The number of carboxylic acid groups (broad SMARTS) is 1. The molecule has 0 spiro atoms. The van der Waals surface area contributed by atoms with Crippen LogP contribution in [0.15, 0.2) is 29.0 Å². The molecule has 3 heterocycles. The molecule has 0 unspecified atom stereocenters. The standard InChI is InChI=1S/C11H5F3N4O3/c12-11(13,14)10-16-8(17-21-10)5-1-2-18-4-6(9(19)20)15-7(18)3-5/h1-4H,(H,19,20). The average Bonchev–Trinajstić information content (AvgIpc) is 3.04. The van der Waals surface area contributed by atoms with Gasteiger partial charge < -0.3 is 14.0 Å². The van der Waals surface area contributed by atoms with Crippen molar-refractivity contribution in [2.75, 3.05) is 0 Å². The summed E-state index contributed by atoms with van der Waals surface area (Å²) in [5.41, 5.74) is 0.281. The summed E-state index contributed by atoms with van der Waals surface area (Å²) in [5, 5.41) is 12.1. The fraction of sp³-hybridized carbons (Fsp3) is 0.0909. The number of imidazole rings is 1. The molecule has 0 saturated heterocycles. The van der Waals surface area contributed by atoms with Crippen LogP contribution >= 0.6 is 0 Å². The molecular weight excluding hydrogens is 293 g/mol. The van der Waals surface area contributed by atoms with E-state index in [1.165, 1.54) is 28.9 Å². The van der Waals surface area contributed by atoms with Crippen LogP contribution < -0.4 is 0 Å². The topological polar surface area (TPSA) is 93.5 Å². The smallest absolute Gasteiger partial charge is 0.471 e. The highest BCUT2D eigenvalue weighted by Crippen LogP contribution is 2.29. The molecule has 7 nitrogen and oxygen atoms in total. The lowest BCUT2D eigenvalue weighted by Crippen LogP contribution is -2.04. The van der Waals surface area contributed by atoms with Crippen molar-refractivity contribution >= 4 is 11.6 Å². The van der Waals surface area contributed by atoms with Crippen LogP contribution in [0.1, 0.15) is 16.4 Å². The third kappa shape index (κ3) is 2.30. The molecule has 0 aliphatic rings. The zero-order valence-electron chi connectivity index (χ0n) is 10.00. The van der Waals surface area contributed by atoms with E-state index < -0.39 is 18.0 Å². The van der Waals surface area contributed by atoms with E-state index in [9.17, 15) is 18.0 Å². The van der Waals surface area contributed by atoms with E-state index in [4.69, 9.17) is 5.11 Å². The van der Waals surface area contributed by atoms with Gasteiger partial charge in [0, 0.05) is 18.0 Å². The molecule has 3 aromatic heterocycles. The van der Waals surface area contributed by atoms with Crippen LogP contribution in [0.3, 0.4) is 0 Å². The summed E-state index contributed by atoms with van der Waals surface area (Å²) in [6.45, 7) is 0. The van der Waals surface area contributed by atoms with Crippen molar-refractivity contribution in [3.8, 4) is 11.4 Å². The Hall–Kier alpha value is -2.91. The van der Waals surface area contributed by atoms with E-state index in [2.05, 4.69) is 19.6 Å². The van der Waals surface area contributed by atoms with Crippen LogP contribution in [0.25, 0.3) is 17.0 Å². The Morgan fingerprint density at radius 2 is 2.10 bits per heavy atom. The first kappa shape index (κ1) is 13.1. The molecule has 0 bridgehead atoms. The number of alkyl halides is 3. The molecule has 21 heavy (non-hydrogen) atoms. The van der Waals surface area contributed by atoms with Gasteiger partial charge in [-0.25, -0.2) is 9.78 Å². The summed E-state index contributed by atoms with van der Waals surface area (Å²) < 4.78 is 42.7. The van der Waals surface area contributed by atoms with E-state index >= 15 is 0 Å². The Labute approximate surface area is 113 Å². The quantitative estimate of drug-likeness (QED) is 0.778. The third-order valence-electron chi connectivity index (χ3n) is 2.61. The number of fused-ring (bicyclic) bond motifs is 1. The predicted molar refractivity (Wildman–Crippen MR) is 60.4 cm³/mol. The second-order valence-electron chi connectivity index (χ2n) is 4.03. The van der Waals surface area contributed by atoms with Crippen molar-refractivity contribution in [2.24, 2.45) is 0 Å². The Balaban J connectivity index is 2.04. The van der Waals surface area contributed by atoms with Crippen LogP contribution in [0.2, 0.25) is 0 Å². The highest BCUT2D eigenvalue weighted by molar-refractivity contribution is 5.86. The number of rotatable bonds is 2. The highest BCUT2D eigenvalue weighted by atomic mass is 19.4. The average molecular weight is 298 g/mol. The number of aromatic nitrogens is 4. The summed E-state index contributed by atoms with van der Waals surface area (Å²) in [4.78, 5) is 17.9. The van der Waals surface area contributed by atoms with Crippen molar-refractivity contribution in [2.45, 2.75) is 6.18 Å². The molecule has 3 rings (SSSR count). The molecule has 3 aromatic rings. The Morgan fingerprint density at radius 1 is 1.33 bits per heavy atom. The van der Waals surface area contributed by atoms with Gasteiger partial charge >= 0.3 is 18.0 Å². The molecule has 0 saturated carbocycles. The summed E-state index contributed by atoms with van der Waals surface area (Å²) >= 11 is 0. The number of nitrogens with zero attached hydrogens (tertiary/aromatic N) is 4. The fourth-order valence-electron chi connectivity index (χ4n) is 1.68. The van der Waals surface area contributed by atoms with E-state index in [1.54, 1.807) is 0 Å². The van der Waals surface area contributed by atoms with Gasteiger partial charge in [-0.15, -0.1) is 0 Å². The summed E-state index contributed by atoms with van der Waals surface area (Å²) in [6, 6.07) is 2.78. The van der Waals surface area contributed by atoms with E-state index in [0.29, 0.717) is 0 Å². The summed E-state index contributed by atoms with van der Waals surface area (Å²) in [6.07, 6.45) is -2.01. The fourth-order valence-corrected chi connectivity index (χ4v) is 1.68. The van der Waals surface area contributed by atoms with Gasteiger partial charge in [0.1, 0.15) is 5.65 Å². The molecule has 1 N–H and O–H groups in total. The number of hydrogen-bond donors (Lipinski definition) is 1. The number of pyridine rings is 1. The minimum atomic E-state index is -4.72. The second kappa shape index (κ2) is 4.30. The number of aromatic carboxylic acids is 1. The molecule has 0 atom stereocenters. The van der Waals surface area contributed by atoms with Crippen molar-refractivity contribution in [3.05, 3.63) is 36.1 Å². The molecule has 0 radical (unpaired) electrons. The van der Waals surface area contributed by atoms with E-state index in [-0.39, 0.29) is 22.7 Å². The zero-order valence-corrected chi connectivity index (χ0v) is 10.00. The Bertz CT molecular complexity index is 837.